The third-order valence-electron chi connectivity index (χ3n) is 10.1. The Hall–Kier alpha value is -4.54. The molecule has 0 saturated carbocycles. The third-order valence-corrected chi connectivity index (χ3v) is 10.1. The summed E-state index contributed by atoms with van der Waals surface area (Å²) in [6, 6.07) is 34.6. The highest BCUT2D eigenvalue weighted by molar-refractivity contribution is 5.93. The first-order chi connectivity index (χ1) is 23.9. The number of ether oxygens (including phenoxy) is 2. The quantitative estimate of drug-likeness (QED) is 0.219. The lowest BCUT2D eigenvalue weighted by atomic mass is 9.85. The van der Waals surface area contributed by atoms with Gasteiger partial charge in [0.1, 0.15) is 5.54 Å². The molecule has 3 saturated heterocycles. The van der Waals surface area contributed by atoms with Crippen molar-refractivity contribution in [3.05, 3.63) is 125 Å². The van der Waals surface area contributed by atoms with Crippen molar-refractivity contribution in [2.24, 2.45) is 0 Å². The molecule has 3 aliphatic heterocycles. The molecule has 4 aromatic carbocycles. The van der Waals surface area contributed by atoms with Crippen LogP contribution in [0.1, 0.15) is 60.8 Å². The van der Waals surface area contributed by atoms with E-state index in [4.69, 9.17) is 9.47 Å². The topological polar surface area (TPSA) is 103 Å². The lowest BCUT2D eigenvalue weighted by Crippen LogP contribution is -2.57. The van der Waals surface area contributed by atoms with E-state index in [1.165, 1.54) is 6.92 Å². The molecule has 0 unspecified atom stereocenters. The molecule has 254 valence electrons. The maximum atomic E-state index is 13.2. The molecule has 0 aliphatic carbocycles. The number of para-hydroxylation sites is 1. The molecule has 4 aromatic rings. The zero-order valence-electron chi connectivity index (χ0n) is 27.9. The van der Waals surface area contributed by atoms with Crippen molar-refractivity contribution in [1.82, 2.24) is 15.5 Å². The summed E-state index contributed by atoms with van der Waals surface area (Å²) in [6.07, 6.45) is 1.33. The van der Waals surface area contributed by atoms with Gasteiger partial charge in [-0.2, -0.15) is 0 Å². The molecule has 7 rings (SSSR count). The Kier molecular flexibility index (Phi) is 9.77. The van der Waals surface area contributed by atoms with Gasteiger partial charge in [-0.1, -0.05) is 78.9 Å². The van der Waals surface area contributed by atoms with Crippen molar-refractivity contribution < 1.29 is 24.2 Å². The second-order valence-electron chi connectivity index (χ2n) is 13.3. The normalized spacial score (nSPS) is 22.2. The first kappa shape index (κ1) is 33.0. The van der Waals surface area contributed by atoms with E-state index in [1.54, 1.807) is 0 Å². The largest absolute Gasteiger partial charge is 0.392 e. The van der Waals surface area contributed by atoms with Crippen molar-refractivity contribution in [1.29, 1.82) is 0 Å². The highest BCUT2D eigenvalue weighted by Crippen LogP contribution is 2.41. The van der Waals surface area contributed by atoms with Crippen molar-refractivity contribution in [3.63, 3.8) is 0 Å². The fourth-order valence-corrected chi connectivity index (χ4v) is 7.41. The minimum Gasteiger partial charge on any atom is -0.392 e. The average Bonchev–Trinajstić information content (AvgIpc) is 3.46. The van der Waals surface area contributed by atoms with Crippen molar-refractivity contribution >= 4 is 17.5 Å². The van der Waals surface area contributed by atoms with E-state index in [2.05, 4.69) is 56.8 Å². The Morgan fingerprint density at radius 1 is 0.878 bits per heavy atom. The predicted octanol–water partition coefficient (Wildman–Crippen LogP) is 5.46. The lowest BCUT2D eigenvalue weighted by molar-refractivity contribution is -0.253. The first-order valence-electron chi connectivity index (χ1n) is 17.2. The van der Waals surface area contributed by atoms with Crippen LogP contribution in [0.4, 0.5) is 5.69 Å². The van der Waals surface area contributed by atoms with Crippen LogP contribution in [-0.4, -0.2) is 59.8 Å². The monoisotopic (exact) mass is 660 g/mol. The summed E-state index contributed by atoms with van der Waals surface area (Å²) in [5.74, 6) is 0.0571. The molecule has 9 nitrogen and oxygen atoms in total. The summed E-state index contributed by atoms with van der Waals surface area (Å²) in [4.78, 5) is 29.4. The van der Waals surface area contributed by atoms with E-state index in [-0.39, 0.29) is 30.6 Å². The fourth-order valence-electron chi connectivity index (χ4n) is 7.41. The molecule has 1 spiro atoms. The van der Waals surface area contributed by atoms with E-state index in [0.717, 1.165) is 71.5 Å². The second kappa shape index (κ2) is 14.5. The summed E-state index contributed by atoms with van der Waals surface area (Å²) in [5.41, 5.74) is 6.51. The molecule has 3 heterocycles. The molecule has 3 atom stereocenters. The molecule has 2 amide bonds. The van der Waals surface area contributed by atoms with Crippen molar-refractivity contribution in [2.45, 2.75) is 63.4 Å². The van der Waals surface area contributed by atoms with Crippen LogP contribution >= 0.6 is 0 Å². The Morgan fingerprint density at radius 2 is 1.61 bits per heavy atom. The number of carbonyl (C=O) groups is 2. The summed E-state index contributed by atoms with van der Waals surface area (Å²) in [6.45, 7) is 4.85. The van der Waals surface area contributed by atoms with E-state index in [1.807, 2.05) is 66.7 Å². The van der Waals surface area contributed by atoms with Crippen LogP contribution in [0, 0.1) is 0 Å². The minimum atomic E-state index is -0.575. The number of carbonyl (C=O) groups excluding carboxylic acids is 2. The van der Waals surface area contributed by atoms with Gasteiger partial charge in [0.05, 0.1) is 25.5 Å². The fraction of sp³-hybridized carbons (Fsp3) is 0.350. The zero-order chi connectivity index (χ0) is 33.8. The molecule has 3 aliphatic rings. The number of nitrogens with one attached hydrogen (secondary N) is 2. The molecular formula is C40H44N4O5. The Labute approximate surface area is 287 Å². The molecule has 0 aromatic heterocycles. The predicted molar refractivity (Wildman–Crippen MR) is 188 cm³/mol. The van der Waals surface area contributed by atoms with Crippen LogP contribution in [0.5, 0.6) is 0 Å². The van der Waals surface area contributed by atoms with Crippen LogP contribution in [0.15, 0.2) is 103 Å². The van der Waals surface area contributed by atoms with Gasteiger partial charge in [-0.3, -0.25) is 9.59 Å². The number of rotatable bonds is 9. The number of piperidine rings is 1. The van der Waals surface area contributed by atoms with Crippen molar-refractivity contribution in [3.8, 4) is 11.1 Å². The van der Waals surface area contributed by atoms with E-state index >= 15 is 0 Å². The van der Waals surface area contributed by atoms with Gasteiger partial charge in [0, 0.05) is 50.8 Å². The molecule has 3 fully saturated rings. The highest BCUT2D eigenvalue weighted by Gasteiger charge is 2.50. The van der Waals surface area contributed by atoms with E-state index < -0.39 is 11.8 Å². The molecule has 49 heavy (non-hydrogen) atoms. The Morgan fingerprint density at radius 3 is 2.35 bits per heavy atom. The number of nitrogens with zero attached hydrogens (tertiary/aromatic N) is 2. The maximum absolute atomic E-state index is 13.2. The number of hydrogen-bond donors (Lipinski definition) is 3. The summed E-state index contributed by atoms with van der Waals surface area (Å²) in [7, 11) is 0. The van der Waals surface area contributed by atoms with Gasteiger partial charge in [0.15, 0.2) is 6.29 Å². The number of aliphatic hydroxyl groups is 1. The van der Waals surface area contributed by atoms with Crippen molar-refractivity contribution in [2.75, 3.05) is 31.2 Å². The number of hydrogen-bond acceptors (Lipinski definition) is 7. The average molecular weight is 661 g/mol. The summed E-state index contributed by atoms with van der Waals surface area (Å²) in [5, 5.41) is 15.6. The van der Waals surface area contributed by atoms with Crippen LogP contribution < -0.4 is 15.5 Å². The van der Waals surface area contributed by atoms with E-state index in [9.17, 15) is 14.7 Å². The molecule has 0 radical (unpaired) electrons. The number of aliphatic hydroxyl groups excluding tert-OH is 1. The van der Waals surface area contributed by atoms with Crippen LogP contribution in [0.25, 0.3) is 11.1 Å². The Bertz CT molecular complexity index is 1760. The van der Waals surface area contributed by atoms with Crippen LogP contribution in [0.3, 0.4) is 0 Å². The number of anilines is 1. The van der Waals surface area contributed by atoms with Gasteiger partial charge in [-0.05, 0) is 64.9 Å². The first-order valence-corrected chi connectivity index (χ1v) is 17.2. The van der Waals surface area contributed by atoms with Gasteiger partial charge >= 0.3 is 0 Å². The van der Waals surface area contributed by atoms with Crippen LogP contribution in [-0.2, 0) is 32.2 Å². The van der Waals surface area contributed by atoms with Gasteiger partial charge in [0.25, 0.3) is 0 Å². The summed E-state index contributed by atoms with van der Waals surface area (Å²) >= 11 is 0. The van der Waals surface area contributed by atoms with Gasteiger partial charge in [0.2, 0.25) is 11.8 Å². The van der Waals surface area contributed by atoms with Gasteiger partial charge in [-0.15, -0.1) is 0 Å². The molecule has 0 bridgehead atoms. The highest BCUT2D eigenvalue weighted by atomic mass is 16.7. The van der Waals surface area contributed by atoms with Gasteiger partial charge < -0.3 is 35.0 Å². The lowest BCUT2D eigenvalue weighted by Gasteiger charge is -2.45. The number of amides is 2. The molecular weight excluding hydrogens is 616 g/mol. The standard InChI is InChI=1S/C40H44N4O5/c1-28(46)41-24-30-7-5-8-32(21-30)33-9-6-10-34(22-33)38-48-36(23-37(49-38)31-15-13-29(26-45)14-16-31)25-43-19-17-40(18-20-43)39(47)42-27-44(40)35-11-3-2-4-12-35/h2-16,21-22,36-38,45H,17-20,23-27H2,1H3,(H,41,46)(H,42,47)/t36-,37+,38+/m1/s1. The van der Waals surface area contributed by atoms with Crippen LogP contribution in [0.2, 0.25) is 0 Å². The maximum Gasteiger partial charge on any atom is 0.247 e. The minimum absolute atomic E-state index is 0.00481. The summed E-state index contributed by atoms with van der Waals surface area (Å²) < 4.78 is 13.4. The zero-order valence-corrected chi connectivity index (χ0v) is 27.9. The molecule has 3 N–H and O–H groups in total. The second-order valence-corrected chi connectivity index (χ2v) is 13.3. The van der Waals surface area contributed by atoms with Gasteiger partial charge in [-0.25, -0.2) is 0 Å². The molecule has 9 heteroatoms. The SMILES string of the molecule is CC(=O)NCc1cccc(-c2cccc([C@H]3O[C@@H](CN4CCC5(CC4)C(=O)NCN5c4ccccc4)C[C@@H](c4ccc(CO)cc4)O3)c2)c1. The smallest absolute Gasteiger partial charge is 0.247 e. The number of likely N-dealkylation sites (tertiary alicyclic amines) is 1. The number of benzene rings is 4. The third kappa shape index (κ3) is 7.26. The Balaban J connectivity index is 1.09. The van der Waals surface area contributed by atoms with E-state index in [0.29, 0.717) is 19.6 Å².